The molecule has 0 aliphatic rings. The average Bonchev–Trinajstić information content (AvgIpc) is 2.72. The molecule has 1 aromatic rings. The standard InChI is InChI=1S/C11H17BrN2OS/c1-3-11(4-2,7-13)14-10(15)9-8(12)5-6-16-9/h5-6H,3-4,7,13H2,1-2H3,(H,14,15). The lowest BCUT2D eigenvalue weighted by molar-refractivity contribution is 0.0899. The zero-order valence-electron chi connectivity index (χ0n) is 9.55. The first kappa shape index (κ1) is 13.7. The minimum absolute atomic E-state index is 0.0453. The summed E-state index contributed by atoms with van der Waals surface area (Å²) in [5.41, 5.74) is 5.47. The molecule has 0 fully saturated rings. The molecule has 0 aliphatic carbocycles. The van der Waals surface area contributed by atoms with E-state index in [0.717, 1.165) is 17.3 Å². The Balaban J connectivity index is 2.81. The molecular formula is C11H17BrN2OS. The predicted molar refractivity (Wildman–Crippen MR) is 71.9 cm³/mol. The van der Waals surface area contributed by atoms with Gasteiger partial charge >= 0.3 is 0 Å². The Hall–Kier alpha value is -0.390. The molecule has 1 rings (SSSR count). The molecule has 1 amide bonds. The third kappa shape index (κ3) is 2.84. The van der Waals surface area contributed by atoms with Gasteiger partial charge in [0.2, 0.25) is 0 Å². The molecule has 3 N–H and O–H groups in total. The van der Waals surface area contributed by atoms with Gasteiger partial charge in [-0.05, 0) is 40.2 Å². The van der Waals surface area contributed by atoms with E-state index < -0.39 is 0 Å². The summed E-state index contributed by atoms with van der Waals surface area (Å²) >= 11 is 4.79. The van der Waals surface area contributed by atoms with Crippen LogP contribution in [0, 0.1) is 0 Å². The van der Waals surface area contributed by atoms with Gasteiger partial charge in [0.15, 0.2) is 0 Å². The second-order valence-electron chi connectivity index (χ2n) is 3.74. The normalized spacial score (nSPS) is 11.5. The summed E-state index contributed by atoms with van der Waals surface area (Å²) in [6, 6.07) is 1.88. The van der Waals surface area contributed by atoms with Crippen LogP contribution in [-0.4, -0.2) is 18.0 Å². The number of amides is 1. The second-order valence-corrected chi connectivity index (χ2v) is 5.51. The Labute approximate surface area is 109 Å². The molecule has 0 unspecified atom stereocenters. The van der Waals surface area contributed by atoms with E-state index in [4.69, 9.17) is 5.73 Å². The number of carbonyl (C=O) groups excluding carboxylic acids is 1. The molecule has 5 heteroatoms. The van der Waals surface area contributed by atoms with Crippen LogP contribution in [0.15, 0.2) is 15.9 Å². The van der Waals surface area contributed by atoms with Crippen molar-refractivity contribution in [2.45, 2.75) is 32.2 Å². The molecule has 0 spiro atoms. The minimum Gasteiger partial charge on any atom is -0.345 e. The number of thiophene rings is 1. The van der Waals surface area contributed by atoms with Gasteiger partial charge in [-0.15, -0.1) is 11.3 Å². The van der Waals surface area contributed by atoms with Gasteiger partial charge < -0.3 is 11.1 Å². The summed E-state index contributed by atoms with van der Waals surface area (Å²) in [5, 5.41) is 4.93. The molecule has 0 saturated carbocycles. The van der Waals surface area contributed by atoms with Crippen molar-refractivity contribution in [1.82, 2.24) is 5.32 Å². The maximum absolute atomic E-state index is 12.0. The van der Waals surface area contributed by atoms with Gasteiger partial charge in [0.1, 0.15) is 4.88 Å². The monoisotopic (exact) mass is 304 g/mol. The van der Waals surface area contributed by atoms with Crippen LogP contribution in [0.5, 0.6) is 0 Å². The van der Waals surface area contributed by atoms with E-state index in [0.29, 0.717) is 11.4 Å². The molecule has 1 heterocycles. The molecule has 16 heavy (non-hydrogen) atoms. The number of nitrogens with one attached hydrogen (secondary N) is 1. The third-order valence-corrected chi connectivity index (χ3v) is 4.78. The van der Waals surface area contributed by atoms with E-state index in [1.165, 1.54) is 11.3 Å². The first-order chi connectivity index (χ1) is 7.58. The number of carbonyl (C=O) groups is 1. The van der Waals surface area contributed by atoms with E-state index in [9.17, 15) is 4.79 Å². The van der Waals surface area contributed by atoms with Crippen molar-refractivity contribution in [2.24, 2.45) is 5.73 Å². The zero-order chi connectivity index (χ0) is 12.2. The van der Waals surface area contributed by atoms with E-state index in [1.807, 2.05) is 25.3 Å². The van der Waals surface area contributed by atoms with E-state index in [-0.39, 0.29) is 11.4 Å². The highest BCUT2D eigenvalue weighted by Crippen LogP contribution is 2.24. The van der Waals surface area contributed by atoms with Crippen molar-refractivity contribution in [3.8, 4) is 0 Å². The fourth-order valence-corrected chi connectivity index (χ4v) is 2.97. The van der Waals surface area contributed by atoms with Gasteiger partial charge in [-0.25, -0.2) is 0 Å². The maximum Gasteiger partial charge on any atom is 0.262 e. The van der Waals surface area contributed by atoms with Crippen molar-refractivity contribution in [1.29, 1.82) is 0 Å². The van der Waals surface area contributed by atoms with Crippen molar-refractivity contribution < 1.29 is 4.79 Å². The number of halogens is 1. The Kier molecular flexibility index (Phi) is 4.95. The fraction of sp³-hybridized carbons (Fsp3) is 0.545. The highest BCUT2D eigenvalue weighted by molar-refractivity contribution is 9.10. The predicted octanol–water partition coefficient (Wildman–Crippen LogP) is 2.76. The average molecular weight is 305 g/mol. The van der Waals surface area contributed by atoms with Crippen molar-refractivity contribution >= 4 is 33.2 Å². The van der Waals surface area contributed by atoms with Crippen molar-refractivity contribution in [3.63, 3.8) is 0 Å². The van der Waals surface area contributed by atoms with Crippen LogP contribution >= 0.6 is 27.3 Å². The summed E-state index contributed by atoms with van der Waals surface area (Å²) in [5.74, 6) is -0.0453. The molecule has 0 radical (unpaired) electrons. The first-order valence-electron chi connectivity index (χ1n) is 5.34. The quantitative estimate of drug-likeness (QED) is 0.879. The Morgan fingerprint density at radius 3 is 2.56 bits per heavy atom. The smallest absolute Gasteiger partial charge is 0.262 e. The Bertz CT molecular complexity index is 352. The third-order valence-electron chi connectivity index (χ3n) is 2.95. The van der Waals surface area contributed by atoms with E-state index in [1.54, 1.807) is 0 Å². The van der Waals surface area contributed by atoms with Crippen molar-refractivity contribution in [3.05, 3.63) is 20.8 Å². The van der Waals surface area contributed by atoms with Crippen LogP contribution in [0.25, 0.3) is 0 Å². The molecule has 0 aromatic carbocycles. The Morgan fingerprint density at radius 1 is 1.56 bits per heavy atom. The van der Waals surface area contributed by atoms with Crippen LogP contribution in [-0.2, 0) is 0 Å². The van der Waals surface area contributed by atoms with Crippen LogP contribution in [0.4, 0.5) is 0 Å². The largest absolute Gasteiger partial charge is 0.345 e. The topological polar surface area (TPSA) is 55.1 Å². The number of nitrogens with two attached hydrogens (primary N) is 1. The SMILES string of the molecule is CCC(CC)(CN)NC(=O)c1sccc1Br. The molecular weight excluding hydrogens is 288 g/mol. The Morgan fingerprint density at radius 2 is 2.19 bits per heavy atom. The molecule has 3 nitrogen and oxygen atoms in total. The highest BCUT2D eigenvalue weighted by Gasteiger charge is 2.27. The molecule has 0 saturated heterocycles. The first-order valence-corrected chi connectivity index (χ1v) is 7.01. The lowest BCUT2D eigenvalue weighted by atomic mass is 9.93. The summed E-state index contributed by atoms with van der Waals surface area (Å²) in [7, 11) is 0. The lowest BCUT2D eigenvalue weighted by Gasteiger charge is -2.31. The van der Waals surface area contributed by atoms with E-state index >= 15 is 0 Å². The van der Waals surface area contributed by atoms with Crippen molar-refractivity contribution in [2.75, 3.05) is 6.54 Å². The van der Waals surface area contributed by atoms with Crippen LogP contribution in [0.2, 0.25) is 0 Å². The number of hydrogen-bond acceptors (Lipinski definition) is 3. The van der Waals surface area contributed by atoms with Gasteiger partial charge in [0.25, 0.3) is 5.91 Å². The van der Waals surface area contributed by atoms with Gasteiger partial charge in [-0.1, -0.05) is 13.8 Å². The van der Waals surface area contributed by atoms with Crippen LogP contribution in [0.3, 0.4) is 0 Å². The highest BCUT2D eigenvalue weighted by atomic mass is 79.9. The van der Waals surface area contributed by atoms with E-state index in [2.05, 4.69) is 21.2 Å². The summed E-state index contributed by atoms with van der Waals surface area (Å²) in [4.78, 5) is 12.7. The zero-order valence-corrected chi connectivity index (χ0v) is 12.0. The lowest BCUT2D eigenvalue weighted by Crippen LogP contribution is -2.52. The molecule has 0 atom stereocenters. The second kappa shape index (κ2) is 5.80. The van der Waals surface area contributed by atoms with Gasteiger partial charge in [-0.2, -0.15) is 0 Å². The number of rotatable bonds is 5. The van der Waals surface area contributed by atoms with Gasteiger partial charge in [-0.3, -0.25) is 4.79 Å². The van der Waals surface area contributed by atoms with Gasteiger partial charge in [0, 0.05) is 11.0 Å². The maximum atomic E-state index is 12.0. The summed E-state index contributed by atoms with van der Waals surface area (Å²) in [6.07, 6.45) is 1.68. The molecule has 90 valence electrons. The van der Waals surface area contributed by atoms with Gasteiger partial charge in [0.05, 0.1) is 5.54 Å². The summed E-state index contributed by atoms with van der Waals surface area (Å²) < 4.78 is 0.841. The van der Waals surface area contributed by atoms with Crippen LogP contribution in [0.1, 0.15) is 36.4 Å². The molecule has 1 aromatic heterocycles. The number of hydrogen-bond donors (Lipinski definition) is 2. The fourth-order valence-electron chi connectivity index (χ4n) is 1.52. The molecule has 0 bridgehead atoms. The minimum atomic E-state index is -0.277. The summed E-state index contributed by atoms with van der Waals surface area (Å²) in [6.45, 7) is 4.55. The van der Waals surface area contributed by atoms with Crippen LogP contribution < -0.4 is 11.1 Å². The molecule has 0 aliphatic heterocycles.